The van der Waals surface area contributed by atoms with Crippen LogP contribution in [0.4, 0.5) is 0 Å². The summed E-state index contributed by atoms with van der Waals surface area (Å²) in [4.78, 5) is 25.8. The molecule has 0 bridgehead atoms. The van der Waals surface area contributed by atoms with E-state index in [1.165, 1.54) is 23.6 Å². The second-order valence-corrected chi connectivity index (χ2v) is 5.69. The van der Waals surface area contributed by atoms with Crippen molar-refractivity contribution in [3.05, 3.63) is 46.6 Å². The molecule has 1 fully saturated rings. The SMILES string of the molecule is COc1ccc(C(C=O)n2cc[nH]c2=O)cc1OC1CCCC1. The third-order valence-corrected chi connectivity index (χ3v) is 4.23. The van der Waals surface area contributed by atoms with Gasteiger partial charge in [-0.05, 0) is 43.4 Å². The Kier molecular flexibility index (Phi) is 4.50. The Morgan fingerprint density at radius 3 is 2.70 bits per heavy atom. The Balaban J connectivity index is 1.94. The molecule has 0 aliphatic heterocycles. The number of benzene rings is 1. The number of carbonyl (C=O) groups excluding carboxylic acids is 1. The molecule has 3 rings (SSSR count). The number of aldehydes is 1. The fraction of sp³-hybridized carbons (Fsp3) is 0.412. The van der Waals surface area contributed by atoms with Crippen molar-refractivity contribution in [1.82, 2.24) is 9.55 Å². The van der Waals surface area contributed by atoms with E-state index in [-0.39, 0.29) is 11.8 Å². The summed E-state index contributed by atoms with van der Waals surface area (Å²) in [5.41, 5.74) is 0.367. The number of aromatic nitrogens is 2. The lowest BCUT2D eigenvalue weighted by Gasteiger charge is -2.18. The highest BCUT2D eigenvalue weighted by atomic mass is 16.5. The molecule has 1 atom stereocenters. The summed E-state index contributed by atoms with van der Waals surface area (Å²) in [6.07, 6.45) is 8.40. The normalized spacial score (nSPS) is 16.2. The van der Waals surface area contributed by atoms with Crippen molar-refractivity contribution < 1.29 is 14.3 Å². The Hall–Kier alpha value is -2.50. The summed E-state index contributed by atoms with van der Waals surface area (Å²) in [7, 11) is 1.59. The summed E-state index contributed by atoms with van der Waals surface area (Å²) in [6.45, 7) is 0. The largest absolute Gasteiger partial charge is 0.493 e. The van der Waals surface area contributed by atoms with Gasteiger partial charge in [-0.3, -0.25) is 4.57 Å². The fourth-order valence-corrected chi connectivity index (χ4v) is 3.01. The first-order valence-electron chi connectivity index (χ1n) is 7.78. The lowest BCUT2D eigenvalue weighted by atomic mass is 10.1. The van der Waals surface area contributed by atoms with Crippen LogP contribution in [0.5, 0.6) is 11.5 Å². The van der Waals surface area contributed by atoms with Gasteiger partial charge in [0, 0.05) is 12.4 Å². The average molecular weight is 316 g/mol. The number of hydrogen-bond donors (Lipinski definition) is 1. The molecule has 1 aliphatic rings. The zero-order valence-corrected chi connectivity index (χ0v) is 13.0. The highest BCUT2D eigenvalue weighted by Crippen LogP contribution is 2.34. The number of H-pyrrole nitrogens is 1. The van der Waals surface area contributed by atoms with E-state index in [4.69, 9.17) is 9.47 Å². The molecule has 0 amide bonds. The third kappa shape index (κ3) is 3.16. The molecule has 1 heterocycles. The lowest BCUT2D eigenvalue weighted by molar-refractivity contribution is -0.109. The van der Waals surface area contributed by atoms with E-state index < -0.39 is 6.04 Å². The van der Waals surface area contributed by atoms with Crippen LogP contribution in [0.2, 0.25) is 0 Å². The minimum absolute atomic E-state index is 0.184. The van der Waals surface area contributed by atoms with Crippen LogP contribution in [0.3, 0.4) is 0 Å². The van der Waals surface area contributed by atoms with E-state index in [9.17, 15) is 9.59 Å². The van der Waals surface area contributed by atoms with Crippen LogP contribution < -0.4 is 15.2 Å². The number of nitrogens with zero attached hydrogens (tertiary/aromatic N) is 1. The summed E-state index contributed by atoms with van der Waals surface area (Å²) in [6, 6.07) is 4.65. The van der Waals surface area contributed by atoms with Gasteiger partial charge in [0.2, 0.25) is 0 Å². The topological polar surface area (TPSA) is 73.3 Å². The molecule has 1 saturated carbocycles. The maximum atomic E-state index is 11.8. The molecule has 1 aliphatic carbocycles. The molecule has 0 saturated heterocycles. The first-order chi connectivity index (χ1) is 11.2. The van der Waals surface area contributed by atoms with E-state index in [0.29, 0.717) is 17.1 Å². The Labute approximate surface area is 134 Å². The summed E-state index contributed by atoms with van der Waals surface area (Å²) in [5.74, 6) is 1.25. The summed E-state index contributed by atoms with van der Waals surface area (Å²) >= 11 is 0. The molecule has 1 aromatic carbocycles. The summed E-state index contributed by atoms with van der Waals surface area (Å²) < 4.78 is 12.7. The molecular formula is C17H20N2O4. The van der Waals surface area contributed by atoms with Gasteiger partial charge in [0.25, 0.3) is 0 Å². The fourth-order valence-electron chi connectivity index (χ4n) is 3.01. The van der Waals surface area contributed by atoms with Gasteiger partial charge in [0.05, 0.1) is 13.2 Å². The van der Waals surface area contributed by atoms with Crippen molar-refractivity contribution in [3.8, 4) is 11.5 Å². The van der Waals surface area contributed by atoms with E-state index in [1.54, 1.807) is 31.5 Å². The zero-order chi connectivity index (χ0) is 16.2. The molecule has 1 unspecified atom stereocenters. The number of imidazole rings is 1. The first kappa shape index (κ1) is 15.4. The van der Waals surface area contributed by atoms with Crippen molar-refractivity contribution in [1.29, 1.82) is 0 Å². The van der Waals surface area contributed by atoms with Gasteiger partial charge in [0.15, 0.2) is 11.5 Å². The van der Waals surface area contributed by atoms with Crippen molar-refractivity contribution in [2.24, 2.45) is 0 Å². The van der Waals surface area contributed by atoms with Gasteiger partial charge in [-0.1, -0.05) is 6.07 Å². The second kappa shape index (κ2) is 6.73. The predicted octanol–water partition coefficient (Wildman–Crippen LogP) is 2.29. The van der Waals surface area contributed by atoms with Crippen LogP contribution >= 0.6 is 0 Å². The van der Waals surface area contributed by atoms with Crippen molar-refractivity contribution >= 4 is 6.29 Å². The minimum Gasteiger partial charge on any atom is -0.493 e. The van der Waals surface area contributed by atoms with Gasteiger partial charge >= 0.3 is 5.69 Å². The molecular weight excluding hydrogens is 296 g/mol. The molecule has 1 aromatic heterocycles. The van der Waals surface area contributed by atoms with Crippen LogP contribution in [0.15, 0.2) is 35.4 Å². The molecule has 23 heavy (non-hydrogen) atoms. The van der Waals surface area contributed by atoms with Crippen LogP contribution in [-0.2, 0) is 4.79 Å². The standard InChI is InChI=1S/C17H20N2O4/c1-22-15-7-6-12(10-16(15)23-13-4-2-3-5-13)14(11-20)19-9-8-18-17(19)21/h6-11,13-14H,2-5H2,1H3,(H,18,21). The minimum atomic E-state index is -0.689. The van der Waals surface area contributed by atoms with E-state index in [1.807, 2.05) is 0 Å². The van der Waals surface area contributed by atoms with Gasteiger partial charge in [-0.2, -0.15) is 0 Å². The molecule has 0 radical (unpaired) electrons. The Bertz CT molecular complexity index is 728. The summed E-state index contributed by atoms with van der Waals surface area (Å²) in [5, 5.41) is 0. The monoisotopic (exact) mass is 316 g/mol. The van der Waals surface area contributed by atoms with Crippen LogP contribution in [0, 0.1) is 0 Å². The van der Waals surface area contributed by atoms with Crippen molar-refractivity contribution in [2.75, 3.05) is 7.11 Å². The van der Waals surface area contributed by atoms with Gasteiger partial charge < -0.3 is 19.3 Å². The lowest BCUT2D eigenvalue weighted by Crippen LogP contribution is -2.23. The van der Waals surface area contributed by atoms with E-state index >= 15 is 0 Å². The molecule has 6 nitrogen and oxygen atoms in total. The third-order valence-electron chi connectivity index (χ3n) is 4.23. The highest BCUT2D eigenvalue weighted by molar-refractivity contribution is 5.63. The smallest absolute Gasteiger partial charge is 0.326 e. The second-order valence-electron chi connectivity index (χ2n) is 5.69. The van der Waals surface area contributed by atoms with Crippen LogP contribution in [0.25, 0.3) is 0 Å². The van der Waals surface area contributed by atoms with Crippen molar-refractivity contribution in [2.45, 2.75) is 37.8 Å². The van der Waals surface area contributed by atoms with Gasteiger partial charge in [-0.25, -0.2) is 4.79 Å². The van der Waals surface area contributed by atoms with Crippen LogP contribution in [-0.4, -0.2) is 29.1 Å². The quantitative estimate of drug-likeness (QED) is 0.830. The highest BCUT2D eigenvalue weighted by Gasteiger charge is 2.21. The van der Waals surface area contributed by atoms with E-state index in [0.717, 1.165) is 19.1 Å². The number of methoxy groups -OCH3 is 1. The predicted molar refractivity (Wildman–Crippen MR) is 85.1 cm³/mol. The van der Waals surface area contributed by atoms with Gasteiger partial charge in [0.1, 0.15) is 12.3 Å². The number of carbonyl (C=O) groups is 1. The molecule has 1 N–H and O–H groups in total. The molecule has 0 spiro atoms. The van der Waals surface area contributed by atoms with Gasteiger partial charge in [-0.15, -0.1) is 0 Å². The Morgan fingerprint density at radius 1 is 1.30 bits per heavy atom. The van der Waals surface area contributed by atoms with Crippen LogP contribution in [0.1, 0.15) is 37.3 Å². The first-order valence-corrected chi connectivity index (χ1v) is 7.78. The number of nitrogens with one attached hydrogen (secondary N) is 1. The average Bonchev–Trinajstić information content (AvgIpc) is 3.21. The maximum Gasteiger partial charge on any atom is 0.326 e. The zero-order valence-electron chi connectivity index (χ0n) is 13.0. The molecule has 2 aromatic rings. The van der Waals surface area contributed by atoms with Crippen molar-refractivity contribution in [3.63, 3.8) is 0 Å². The maximum absolute atomic E-state index is 11.8. The molecule has 122 valence electrons. The molecule has 6 heteroatoms. The number of hydrogen-bond acceptors (Lipinski definition) is 4. The number of rotatable bonds is 6. The number of aromatic amines is 1. The van der Waals surface area contributed by atoms with E-state index in [2.05, 4.69) is 4.98 Å². The number of ether oxygens (including phenoxy) is 2. The Morgan fingerprint density at radius 2 is 2.09 bits per heavy atom.